The summed E-state index contributed by atoms with van der Waals surface area (Å²) < 4.78 is 6.05. The van der Waals surface area contributed by atoms with E-state index in [4.69, 9.17) is 4.42 Å². The Morgan fingerprint density at radius 1 is 1.24 bits per heavy atom. The zero-order valence-electron chi connectivity index (χ0n) is 10.7. The molecule has 1 N–H and O–H groups in total. The number of furan rings is 1. The standard InChI is InChI=1S/C15H19NO/c1-9-6-10(2)15-12(7-9)8-13(17-15)14(16-3)11-4-5-11/h6-8,11,14,16H,4-5H2,1-3H3. The molecule has 90 valence electrons. The smallest absolute Gasteiger partial charge is 0.137 e. The van der Waals surface area contributed by atoms with Crippen molar-refractivity contribution in [3.63, 3.8) is 0 Å². The second kappa shape index (κ2) is 3.88. The quantitative estimate of drug-likeness (QED) is 0.867. The van der Waals surface area contributed by atoms with Crippen LogP contribution in [0.3, 0.4) is 0 Å². The molecule has 3 rings (SSSR count). The Hall–Kier alpha value is -1.28. The number of nitrogens with one attached hydrogen (secondary N) is 1. The van der Waals surface area contributed by atoms with E-state index < -0.39 is 0 Å². The van der Waals surface area contributed by atoms with Crippen LogP contribution in [0.25, 0.3) is 11.0 Å². The van der Waals surface area contributed by atoms with Crippen molar-refractivity contribution >= 4 is 11.0 Å². The first-order chi connectivity index (χ1) is 8.19. The van der Waals surface area contributed by atoms with E-state index in [0.717, 1.165) is 17.3 Å². The Morgan fingerprint density at radius 2 is 2.00 bits per heavy atom. The molecule has 2 aromatic rings. The number of benzene rings is 1. The molecular weight excluding hydrogens is 210 g/mol. The van der Waals surface area contributed by atoms with E-state index in [1.807, 2.05) is 7.05 Å². The van der Waals surface area contributed by atoms with Gasteiger partial charge in [0.05, 0.1) is 6.04 Å². The minimum Gasteiger partial charge on any atom is -0.459 e. The Kier molecular flexibility index (Phi) is 2.48. The molecule has 1 atom stereocenters. The molecule has 0 saturated heterocycles. The fraction of sp³-hybridized carbons (Fsp3) is 0.467. The summed E-state index contributed by atoms with van der Waals surface area (Å²) in [6.45, 7) is 4.25. The van der Waals surface area contributed by atoms with Crippen LogP contribution in [-0.2, 0) is 0 Å². The van der Waals surface area contributed by atoms with Crippen LogP contribution in [0.4, 0.5) is 0 Å². The maximum Gasteiger partial charge on any atom is 0.137 e. The zero-order chi connectivity index (χ0) is 12.0. The molecule has 1 aliphatic carbocycles. The highest BCUT2D eigenvalue weighted by molar-refractivity contribution is 5.82. The lowest BCUT2D eigenvalue weighted by Gasteiger charge is -2.11. The summed E-state index contributed by atoms with van der Waals surface area (Å²) in [6, 6.07) is 6.98. The molecule has 1 heterocycles. The van der Waals surface area contributed by atoms with Crippen LogP contribution >= 0.6 is 0 Å². The predicted molar refractivity (Wildman–Crippen MR) is 70.2 cm³/mol. The van der Waals surface area contributed by atoms with Crippen molar-refractivity contribution in [3.05, 3.63) is 35.1 Å². The van der Waals surface area contributed by atoms with E-state index in [1.54, 1.807) is 0 Å². The van der Waals surface area contributed by atoms with Crippen LogP contribution in [-0.4, -0.2) is 7.05 Å². The third-order valence-electron chi connectivity index (χ3n) is 3.68. The van der Waals surface area contributed by atoms with Crippen molar-refractivity contribution < 1.29 is 4.42 Å². The van der Waals surface area contributed by atoms with Gasteiger partial charge in [-0.1, -0.05) is 11.6 Å². The molecular formula is C15H19NO. The summed E-state index contributed by atoms with van der Waals surface area (Å²) in [5.74, 6) is 1.86. The van der Waals surface area contributed by atoms with Gasteiger partial charge >= 0.3 is 0 Å². The molecule has 1 aliphatic rings. The van der Waals surface area contributed by atoms with Crippen molar-refractivity contribution in [1.29, 1.82) is 0 Å². The number of aryl methyl sites for hydroxylation is 2. The number of hydrogen-bond donors (Lipinski definition) is 1. The van der Waals surface area contributed by atoms with Crippen LogP contribution in [0.15, 0.2) is 22.6 Å². The minimum atomic E-state index is 0.391. The Morgan fingerprint density at radius 3 is 2.65 bits per heavy atom. The molecule has 0 aliphatic heterocycles. The fourth-order valence-electron chi connectivity index (χ4n) is 2.73. The molecule has 2 nitrogen and oxygen atoms in total. The van der Waals surface area contributed by atoms with Crippen molar-refractivity contribution in [2.45, 2.75) is 32.7 Å². The average molecular weight is 229 g/mol. The Labute approximate surface area is 102 Å². The summed E-state index contributed by atoms with van der Waals surface area (Å²) >= 11 is 0. The second-order valence-electron chi connectivity index (χ2n) is 5.25. The highest BCUT2D eigenvalue weighted by atomic mass is 16.3. The van der Waals surface area contributed by atoms with E-state index in [-0.39, 0.29) is 0 Å². The molecule has 0 amide bonds. The van der Waals surface area contributed by atoms with E-state index in [1.165, 1.54) is 29.4 Å². The second-order valence-corrected chi connectivity index (χ2v) is 5.25. The van der Waals surface area contributed by atoms with Gasteiger partial charge in [-0.05, 0) is 57.4 Å². The third kappa shape index (κ3) is 1.87. The van der Waals surface area contributed by atoms with Gasteiger partial charge in [0.15, 0.2) is 0 Å². The lowest BCUT2D eigenvalue weighted by molar-refractivity contribution is 0.419. The Bertz CT molecular complexity index is 551. The summed E-state index contributed by atoms with van der Waals surface area (Å²) in [5.41, 5.74) is 3.58. The first-order valence-corrected chi connectivity index (χ1v) is 6.37. The van der Waals surface area contributed by atoms with E-state index >= 15 is 0 Å². The summed E-state index contributed by atoms with van der Waals surface area (Å²) in [7, 11) is 2.02. The van der Waals surface area contributed by atoms with Crippen LogP contribution in [0.2, 0.25) is 0 Å². The highest BCUT2D eigenvalue weighted by Gasteiger charge is 2.33. The highest BCUT2D eigenvalue weighted by Crippen LogP contribution is 2.42. The molecule has 0 bridgehead atoms. The van der Waals surface area contributed by atoms with E-state index in [9.17, 15) is 0 Å². The van der Waals surface area contributed by atoms with Crippen LogP contribution in [0.1, 0.15) is 35.8 Å². The molecule has 17 heavy (non-hydrogen) atoms. The van der Waals surface area contributed by atoms with Crippen molar-refractivity contribution in [2.24, 2.45) is 5.92 Å². The molecule has 0 spiro atoms. The zero-order valence-corrected chi connectivity index (χ0v) is 10.7. The maximum absolute atomic E-state index is 6.05. The maximum atomic E-state index is 6.05. The normalized spacial score (nSPS) is 17.6. The van der Waals surface area contributed by atoms with Gasteiger partial charge in [0, 0.05) is 5.39 Å². The minimum absolute atomic E-state index is 0.391. The topological polar surface area (TPSA) is 25.2 Å². The van der Waals surface area contributed by atoms with Gasteiger partial charge in [-0.15, -0.1) is 0 Å². The number of rotatable bonds is 3. The van der Waals surface area contributed by atoms with Crippen molar-refractivity contribution in [1.82, 2.24) is 5.32 Å². The van der Waals surface area contributed by atoms with Gasteiger partial charge in [0.25, 0.3) is 0 Å². The summed E-state index contributed by atoms with van der Waals surface area (Å²) in [6.07, 6.45) is 2.64. The number of hydrogen-bond acceptors (Lipinski definition) is 2. The first-order valence-electron chi connectivity index (χ1n) is 6.37. The van der Waals surface area contributed by atoms with Crippen LogP contribution < -0.4 is 5.32 Å². The molecule has 2 heteroatoms. The summed E-state index contributed by atoms with van der Waals surface area (Å²) in [4.78, 5) is 0. The molecule has 0 radical (unpaired) electrons. The van der Waals surface area contributed by atoms with E-state index in [0.29, 0.717) is 6.04 Å². The van der Waals surface area contributed by atoms with Crippen LogP contribution in [0, 0.1) is 19.8 Å². The molecule has 1 saturated carbocycles. The van der Waals surface area contributed by atoms with Crippen molar-refractivity contribution in [3.8, 4) is 0 Å². The van der Waals surface area contributed by atoms with Gasteiger partial charge in [-0.3, -0.25) is 0 Å². The lowest BCUT2D eigenvalue weighted by atomic mass is 10.1. The third-order valence-corrected chi connectivity index (χ3v) is 3.68. The first kappa shape index (κ1) is 10.8. The molecule has 1 fully saturated rings. The average Bonchev–Trinajstić information content (AvgIpc) is 3.00. The summed E-state index contributed by atoms with van der Waals surface area (Å²) in [5, 5.41) is 4.62. The monoisotopic (exact) mass is 229 g/mol. The Balaban J connectivity index is 2.09. The molecule has 1 aromatic heterocycles. The van der Waals surface area contributed by atoms with Gasteiger partial charge in [-0.25, -0.2) is 0 Å². The predicted octanol–water partition coefficient (Wildman–Crippen LogP) is 3.72. The van der Waals surface area contributed by atoms with Gasteiger partial charge in [0.1, 0.15) is 11.3 Å². The van der Waals surface area contributed by atoms with E-state index in [2.05, 4.69) is 37.4 Å². The molecule has 1 unspecified atom stereocenters. The number of fused-ring (bicyclic) bond motifs is 1. The van der Waals surface area contributed by atoms with Gasteiger partial charge in [-0.2, -0.15) is 0 Å². The van der Waals surface area contributed by atoms with Gasteiger partial charge in [0.2, 0.25) is 0 Å². The lowest BCUT2D eigenvalue weighted by Crippen LogP contribution is -2.17. The van der Waals surface area contributed by atoms with Crippen LogP contribution in [0.5, 0.6) is 0 Å². The SMILES string of the molecule is CNC(c1cc2cc(C)cc(C)c2o1)C1CC1. The largest absolute Gasteiger partial charge is 0.459 e. The fourth-order valence-corrected chi connectivity index (χ4v) is 2.73. The molecule has 1 aromatic carbocycles. The van der Waals surface area contributed by atoms with Gasteiger partial charge < -0.3 is 9.73 Å². The van der Waals surface area contributed by atoms with Crippen molar-refractivity contribution in [2.75, 3.05) is 7.05 Å².